The quantitative estimate of drug-likeness (QED) is 0.345. The van der Waals surface area contributed by atoms with Gasteiger partial charge < -0.3 is 21.0 Å². The molecule has 0 saturated heterocycles. The van der Waals surface area contributed by atoms with E-state index >= 15 is 0 Å². The summed E-state index contributed by atoms with van der Waals surface area (Å²) >= 11 is 11.9. The number of hydrogen-bond donors (Lipinski definition) is 2. The number of carbonyl (C=O) groups excluding carboxylic acids is 1. The van der Waals surface area contributed by atoms with Crippen molar-refractivity contribution in [2.75, 3.05) is 11.9 Å². The van der Waals surface area contributed by atoms with Crippen LogP contribution in [0.4, 0.5) is 5.69 Å². The first-order chi connectivity index (χ1) is 16.8. The molecule has 0 aliphatic heterocycles. The van der Waals surface area contributed by atoms with Crippen LogP contribution in [0.15, 0.2) is 71.1 Å². The van der Waals surface area contributed by atoms with Crippen LogP contribution in [-0.4, -0.2) is 28.6 Å². The largest absolute Gasteiger partial charge is 1.00 e. The number of rotatable bonds is 8. The molecule has 2 N–H and O–H groups in total. The normalized spacial score (nSPS) is 10.4. The minimum absolute atomic E-state index is 0. The van der Waals surface area contributed by atoms with E-state index in [1.54, 1.807) is 6.07 Å². The van der Waals surface area contributed by atoms with Crippen molar-refractivity contribution in [1.82, 2.24) is 4.98 Å². The molecule has 1 aromatic heterocycles. The van der Waals surface area contributed by atoms with E-state index in [4.69, 9.17) is 32.4 Å². The number of nitrogens with zero attached hydrogens (tertiary/aromatic N) is 1. The summed E-state index contributed by atoms with van der Waals surface area (Å²) in [4.78, 5) is 28.9. The number of anilines is 1. The molecule has 180 valence electrons. The zero-order valence-corrected chi connectivity index (χ0v) is 21.1. The van der Waals surface area contributed by atoms with Crippen LogP contribution in [0.5, 0.6) is 5.75 Å². The van der Waals surface area contributed by atoms with Gasteiger partial charge in [0, 0.05) is 17.0 Å². The van der Waals surface area contributed by atoms with Gasteiger partial charge >= 0.3 is 24.8 Å². The van der Waals surface area contributed by atoms with Gasteiger partial charge in [0.05, 0.1) is 34.1 Å². The molecule has 1 amide bonds. The molecule has 0 radical (unpaired) electrons. The van der Waals surface area contributed by atoms with Crippen LogP contribution in [0.25, 0.3) is 11.5 Å². The zero-order valence-electron chi connectivity index (χ0n) is 20.5. The molecule has 0 spiro atoms. The van der Waals surface area contributed by atoms with Crippen molar-refractivity contribution >= 4 is 40.8 Å². The van der Waals surface area contributed by atoms with E-state index in [-0.39, 0.29) is 48.7 Å². The fourth-order valence-corrected chi connectivity index (χ4v) is 3.89. The van der Waals surface area contributed by atoms with Crippen LogP contribution < -0.4 is 28.9 Å². The third-order valence-electron chi connectivity index (χ3n) is 5.17. The molecule has 36 heavy (non-hydrogen) atoms. The third-order valence-corrected chi connectivity index (χ3v) is 5.71. The molecule has 0 unspecified atom stereocenters. The van der Waals surface area contributed by atoms with E-state index in [1.807, 2.05) is 37.3 Å². The molecule has 10 heteroatoms. The van der Waals surface area contributed by atoms with Crippen molar-refractivity contribution in [1.29, 1.82) is 0 Å². The summed E-state index contributed by atoms with van der Waals surface area (Å²) in [5, 5.41) is 12.8. The molecule has 4 rings (SSSR count). The van der Waals surface area contributed by atoms with Crippen molar-refractivity contribution in [2.24, 2.45) is 0 Å². The van der Waals surface area contributed by atoms with Gasteiger partial charge in [-0.05, 0) is 55.5 Å². The van der Waals surface area contributed by atoms with E-state index in [0.29, 0.717) is 28.8 Å². The number of nitrogens with one attached hydrogen (secondary N) is 1. The zero-order chi connectivity index (χ0) is 24.9. The van der Waals surface area contributed by atoms with Crippen molar-refractivity contribution in [3.05, 3.63) is 99.4 Å². The minimum Gasteiger partial charge on any atom is -1.00 e. The third kappa shape index (κ3) is 6.51. The summed E-state index contributed by atoms with van der Waals surface area (Å²) in [6, 6.07) is 18.4. The second kappa shape index (κ2) is 12.2. The fraction of sp³-hybridized carbons (Fsp3) is 0.115. The number of carboxylic acid groups (broad SMARTS) is 1. The molecular weight excluding hydrogens is 498 g/mol. The Morgan fingerprint density at radius 1 is 1.06 bits per heavy atom. The van der Waals surface area contributed by atoms with Crippen LogP contribution in [-0.2, 0) is 6.42 Å². The molecule has 1 heterocycles. The van der Waals surface area contributed by atoms with Gasteiger partial charge in [-0.15, -0.1) is 0 Å². The van der Waals surface area contributed by atoms with Gasteiger partial charge in [-0.25, -0.2) is 9.78 Å². The number of aryl methyl sites for hydroxylation is 1. The van der Waals surface area contributed by atoms with Crippen molar-refractivity contribution in [2.45, 2.75) is 13.3 Å². The molecule has 0 bridgehead atoms. The van der Waals surface area contributed by atoms with Crippen LogP contribution in [0.2, 0.25) is 10.0 Å². The van der Waals surface area contributed by atoms with Gasteiger partial charge in [-0.1, -0.05) is 41.4 Å². The maximum Gasteiger partial charge on any atom is 1.00 e. The van der Waals surface area contributed by atoms with Gasteiger partial charge in [0.15, 0.2) is 0 Å². The molecular formula is C26H21Cl2LiN2O5. The molecule has 7 nitrogen and oxygen atoms in total. The number of aromatic carboxylic acids is 1. The predicted octanol–water partition coefficient (Wildman–Crippen LogP) is 3.65. The van der Waals surface area contributed by atoms with Crippen molar-refractivity contribution in [3.63, 3.8) is 0 Å². The average molecular weight is 519 g/mol. The van der Waals surface area contributed by atoms with Crippen LogP contribution in [0.3, 0.4) is 0 Å². The van der Waals surface area contributed by atoms with E-state index < -0.39 is 11.9 Å². The summed E-state index contributed by atoms with van der Waals surface area (Å²) in [5.41, 5.74) is 1.80. The first kappa shape index (κ1) is 27.4. The van der Waals surface area contributed by atoms with Crippen molar-refractivity contribution < 1.29 is 44.1 Å². The maximum absolute atomic E-state index is 12.6. The van der Waals surface area contributed by atoms with Crippen LogP contribution >= 0.6 is 23.2 Å². The van der Waals surface area contributed by atoms with Gasteiger partial charge in [-0.3, -0.25) is 4.79 Å². The molecule has 0 fully saturated rings. The minimum atomic E-state index is -1.21. The van der Waals surface area contributed by atoms with Gasteiger partial charge in [0.25, 0.3) is 5.91 Å². The number of oxazole rings is 1. The Morgan fingerprint density at radius 3 is 2.50 bits per heavy atom. The smallest absolute Gasteiger partial charge is 1.00 e. The summed E-state index contributed by atoms with van der Waals surface area (Å²) in [6.45, 7) is 2.09. The number of halogens is 2. The van der Waals surface area contributed by atoms with E-state index in [0.717, 1.165) is 11.3 Å². The summed E-state index contributed by atoms with van der Waals surface area (Å²) in [6.07, 6.45) is 0.470. The summed E-state index contributed by atoms with van der Waals surface area (Å²) in [5.74, 6) is -0.203. The van der Waals surface area contributed by atoms with Gasteiger partial charge in [-0.2, -0.15) is 0 Å². The topological polar surface area (TPSA) is 102 Å². The summed E-state index contributed by atoms with van der Waals surface area (Å²) in [7, 11) is 0. The Hall–Kier alpha value is -3.21. The molecule has 4 aromatic rings. The number of carboxylic acids is 1. The van der Waals surface area contributed by atoms with Gasteiger partial charge in [0.2, 0.25) is 5.89 Å². The van der Waals surface area contributed by atoms with E-state index in [2.05, 4.69) is 10.3 Å². The average Bonchev–Trinajstić information content (AvgIpc) is 3.20. The number of benzene rings is 3. The molecule has 3 aromatic carbocycles. The predicted molar refractivity (Wildman–Crippen MR) is 135 cm³/mol. The number of ether oxygens (including phenoxy) is 1. The summed E-state index contributed by atoms with van der Waals surface area (Å²) < 4.78 is 11.5. The van der Waals surface area contributed by atoms with Crippen molar-refractivity contribution in [3.8, 4) is 17.2 Å². The molecule has 0 atom stereocenters. The number of carbonyl (C=O) groups is 2. The first-order valence-corrected chi connectivity index (χ1v) is 11.4. The fourth-order valence-electron chi connectivity index (χ4n) is 3.39. The molecule has 0 saturated carbocycles. The number of hydrogen-bond acceptors (Lipinski definition) is 5. The van der Waals surface area contributed by atoms with Crippen LogP contribution in [0.1, 0.15) is 33.6 Å². The Kier molecular flexibility index (Phi) is 9.24. The Morgan fingerprint density at radius 2 is 1.81 bits per heavy atom. The van der Waals surface area contributed by atoms with E-state index in [9.17, 15) is 14.7 Å². The molecule has 0 aliphatic carbocycles. The monoisotopic (exact) mass is 518 g/mol. The maximum atomic E-state index is 12.6. The van der Waals surface area contributed by atoms with E-state index in [1.165, 1.54) is 30.3 Å². The standard InChI is InChI=1S/C26H20Cl2N2O5.Li.H/c1-15-22(30-25(35-15)16-5-3-2-4-6-16)11-12-34-18-8-10-23(20(14-18)26(32)33)29-24(31)19-9-7-17(27)13-21(19)28;;/h2-10,13-14H,11-12H2,1H3,(H,29,31)(H,32,33);;/q;+1;-1. The number of aromatic nitrogens is 1. The second-order valence-corrected chi connectivity index (χ2v) is 8.42. The Balaban J connectivity index is 0.00000241. The first-order valence-electron chi connectivity index (χ1n) is 10.6. The molecule has 0 aliphatic rings. The van der Waals surface area contributed by atoms with Gasteiger partial charge in [0.1, 0.15) is 11.5 Å². The number of amides is 1. The second-order valence-electron chi connectivity index (χ2n) is 7.58. The van der Waals surface area contributed by atoms with Crippen LogP contribution in [0, 0.1) is 6.92 Å². The SMILES string of the molecule is Cc1oc(-c2ccccc2)nc1CCOc1ccc(NC(=O)c2ccc(Cl)cc2Cl)c(C(=O)O)c1.[H-].[Li+]. The Labute approximate surface area is 231 Å². The Bertz CT molecular complexity index is 1400.